The van der Waals surface area contributed by atoms with Gasteiger partial charge in [0.15, 0.2) is 0 Å². The number of aryl methyl sites for hydroxylation is 1. The Bertz CT molecular complexity index is 655. The highest BCUT2D eigenvalue weighted by molar-refractivity contribution is 5.91. The van der Waals surface area contributed by atoms with Crippen LogP contribution < -0.4 is 15.8 Å². The molecular formula is C19H24N2O3. The van der Waals surface area contributed by atoms with Crippen molar-refractivity contribution in [2.75, 3.05) is 19.0 Å². The van der Waals surface area contributed by atoms with Gasteiger partial charge in [0, 0.05) is 19.3 Å². The van der Waals surface area contributed by atoms with E-state index in [0.717, 1.165) is 22.6 Å². The molecule has 0 bridgehead atoms. The summed E-state index contributed by atoms with van der Waals surface area (Å²) >= 11 is 0. The van der Waals surface area contributed by atoms with Crippen LogP contribution in [0.4, 0.5) is 5.69 Å². The molecule has 24 heavy (non-hydrogen) atoms. The smallest absolute Gasteiger partial charge is 0.227 e. The monoisotopic (exact) mass is 328 g/mol. The first-order valence-electron chi connectivity index (χ1n) is 7.92. The lowest BCUT2D eigenvalue weighted by molar-refractivity contribution is -0.118. The van der Waals surface area contributed by atoms with Crippen molar-refractivity contribution in [2.24, 2.45) is 5.73 Å². The molecule has 0 saturated carbocycles. The summed E-state index contributed by atoms with van der Waals surface area (Å²) in [7, 11) is 1.55. The van der Waals surface area contributed by atoms with Crippen molar-refractivity contribution < 1.29 is 14.3 Å². The van der Waals surface area contributed by atoms with E-state index in [1.54, 1.807) is 7.11 Å². The van der Waals surface area contributed by atoms with Crippen molar-refractivity contribution in [2.45, 2.75) is 26.1 Å². The first-order chi connectivity index (χ1) is 11.6. The molecule has 0 fully saturated rings. The fraction of sp³-hybridized carbons (Fsp3) is 0.316. The maximum absolute atomic E-state index is 12.0. The molecule has 0 aromatic heterocycles. The highest BCUT2D eigenvalue weighted by Crippen LogP contribution is 2.22. The average Bonchev–Trinajstić information content (AvgIpc) is 2.61. The lowest BCUT2D eigenvalue weighted by Gasteiger charge is -2.14. The second-order valence-electron chi connectivity index (χ2n) is 5.60. The Balaban J connectivity index is 1.93. The van der Waals surface area contributed by atoms with Crippen molar-refractivity contribution >= 4 is 11.6 Å². The third-order valence-corrected chi connectivity index (χ3v) is 3.73. The maximum Gasteiger partial charge on any atom is 0.227 e. The maximum atomic E-state index is 12.0. The number of benzene rings is 2. The van der Waals surface area contributed by atoms with Gasteiger partial charge in [-0.2, -0.15) is 0 Å². The minimum atomic E-state index is -0.265. The zero-order chi connectivity index (χ0) is 17.4. The van der Waals surface area contributed by atoms with Crippen LogP contribution in [-0.2, 0) is 16.1 Å². The molecule has 0 saturated heterocycles. The average molecular weight is 328 g/mol. The Labute approximate surface area is 142 Å². The molecule has 1 unspecified atom stereocenters. The molecule has 2 aromatic rings. The minimum absolute atomic E-state index is 0.117. The fourth-order valence-corrected chi connectivity index (χ4v) is 2.28. The van der Waals surface area contributed by atoms with Crippen LogP contribution in [0.1, 0.15) is 17.5 Å². The van der Waals surface area contributed by atoms with Gasteiger partial charge in [0.1, 0.15) is 12.4 Å². The third-order valence-electron chi connectivity index (χ3n) is 3.73. The van der Waals surface area contributed by atoms with E-state index in [2.05, 4.69) is 5.32 Å². The molecule has 2 aromatic carbocycles. The number of amides is 1. The van der Waals surface area contributed by atoms with E-state index in [9.17, 15) is 4.79 Å². The molecule has 0 radical (unpaired) electrons. The lowest BCUT2D eigenvalue weighted by atomic mass is 10.1. The highest BCUT2D eigenvalue weighted by atomic mass is 16.5. The number of methoxy groups -OCH3 is 1. The predicted octanol–water partition coefficient (Wildman–Crippen LogP) is 2.88. The SMILES string of the molecule is COC(CN)CC(=O)Nc1ccc(OCc2ccccc2)cc1C. The molecule has 0 aliphatic rings. The van der Waals surface area contributed by atoms with E-state index in [4.69, 9.17) is 15.2 Å². The van der Waals surface area contributed by atoms with E-state index in [1.807, 2.05) is 55.5 Å². The van der Waals surface area contributed by atoms with E-state index in [1.165, 1.54) is 0 Å². The highest BCUT2D eigenvalue weighted by Gasteiger charge is 2.12. The number of rotatable bonds is 8. The van der Waals surface area contributed by atoms with Crippen LogP contribution in [0.15, 0.2) is 48.5 Å². The van der Waals surface area contributed by atoms with E-state index in [-0.39, 0.29) is 18.4 Å². The topological polar surface area (TPSA) is 73.6 Å². The van der Waals surface area contributed by atoms with Crippen molar-refractivity contribution in [1.29, 1.82) is 0 Å². The Hall–Kier alpha value is -2.37. The van der Waals surface area contributed by atoms with Crippen molar-refractivity contribution in [3.05, 3.63) is 59.7 Å². The lowest BCUT2D eigenvalue weighted by Crippen LogP contribution is -2.28. The Morgan fingerprint density at radius 3 is 2.58 bits per heavy atom. The van der Waals surface area contributed by atoms with Gasteiger partial charge in [0.2, 0.25) is 5.91 Å². The van der Waals surface area contributed by atoms with Gasteiger partial charge in [-0.3, -0.25) is 4.79 Å². The standard InChI is InChI=1S/C19H24N2O3/c1-14-10-16(24-13-15-6-4-3-5-7-15)8-9-18(14)21-19(22)11-17(12-20)23-2/h3-10,17H,11-13,20H2,1-2H3,(H,21,22). The van der Waals surface area contributed by atoms with E-state index >= 15 is 0 Å². The van der Waals surface area contributed by atoms with E-state index in [0.29, 0.717) is 13.2 Å². The van der Waals surface area contributed by atoms with Gasteiger partial charge >= 0.3 is 0 Å². The summed E-state index contributed by atoms with van der Waals surface area (Å²) in [5.74, 6) is 0.652. The quantitative estimate of drug-likeness (QED) is 0.781. The first kappa shape index (κ1) is 18.0. The molecule has 128 valence electrons. The molecule has 1 amide bonds. The first-order valence-corrected chi connectivity index (χ1v) is 7.92. The van der Waals surface area contributed by atoms with Crippen LogP contribution in [0, 0.1) is 6.92 Å². The van der Waals surface area contributed by atoms with Crippen LogP contribution in [0.2, 0.25) is 0 Å². The molecule has 5 heteroatoms. The molecular weight excluding hydrogens is 304 g/mol. The second kappa shape index (κ2) is 9.05. The number of nitrogens with one attached hydrogen (secondary N) is 1. The van der Waals surface area contributed by atoms with Crippen LogP contribution in [0.3, 0.4) is 0 Å². The largest absolute Gasteiger partial charge is 0.489 e. The molecule has 2 rings (SSSR count). The van der Waals surface area contributed by atoms with Gasteiger partial charge in [-0.05, 0) is 36.2 Å². The van der Waals surface area contributed by atoms with Crippen LogP contribution in [0.5, 0.6) is 5.75 Å². The number of ether oxygens (including phenoxy) is 2. The zero-order valence-electron chi connectivity index (χ0n) is 14.1. The van der Waals surface area contributed by atoms with Gasteiger partial charge in [0.25, 0.3) is 0 Å². The van der Waals surface area contributed by atoms with Crippen molar-refractivity contribution in [1.82, 2.24) is 0 Å². The molecule has 3 N–H and O–H groups in total. The number of hydrogen-bond donors (Lipinski definition) is 2. The van der Waals surface area contributed by atoms with Gasteiger partial charge in [-0.15, -0.1) is 0 Å². The molecule has 0 aliphatic heterocycles. The summed E-state index contributed by atoms with van der Waals surface area (Å²) < 4.78 is 10.9. The summed E-state index contributed by atoms with van der Waals surface area (Å²) in [5, 5.41) is 2.88. The minimum Gasteiger partial charge on any atom is -0.489 e. The molecule has 0 spiro atoms. The van der Waals surface area contributed by atoms with Crippen LogP contribution in [-0.4, -0.2) is 25.7 Å². The van der Waals surface area contributed by atoms with Crippen LogP contribution >= 0.6 is 0 Å². The number of hydrogen-bond acceptors (Lipinski definition) is 4. The van der Waals surface area contributed by atoms with Crippen molar-refractivity contribution in [3.8, 4) is 5.75 Å². The Morgan fingerprint density at radius 2 is 1.96 bits per heavy atom. The number of nitrogens with two attached hydrogens (primary N) is 1. The molecule has 0 aliphatic carbocycles. The number of carbonyl (C=O) groups is 1. The van der Waals surface area contributed by atoms with Gasteiger partial charge in [0.05, 0.1) is 12.5 Å². The molecule has 5 nitrogen and oxygen atoms in total. The molecule has 0 heterocycles. The summed E-state index contributed by atoms with van der Waals surface area (Å²) in [6.07, 6.45) is -0.0302. The zero-order valence-corrected chi connectivity index (χ0v) is 14.1. The summed E-state index contributed by atoms with van der Waals surface area (Å²) in [6, 6.07) is 15.6. The Kier molecular flexibility index (Phi) is 6.78. The second-order valence-corrected chi connectivity index (χ2v) is 5.60. The van der Waals surface area contributed by atoms with Gasteiger partial charge in [-0.25, -0.2) is 0 Å². The van der Waals surface area contributed by atoms with Crippen LogP contribution in [0.25, 0.3) is 0 Å². The normalized spacial score (nSPS) is 11.8. The predicted molar refractivity (Wildman–Crippen MR) is 95.1 cm³/mol. The number of anilines is 1. The summed E-state index contributed by atoms with van der Waals surface area (Å²) in [5.41, 5.74) is 8.35. The van der Waals surface area contributed by atoms with E-state index < -0.39 is 0 Å². The number of carbonyl (C=O) groups excluding carboxylic acids is 1. The van der Waals surface area contributed by atoms with Gasteiger partial charge in [-0.1, -0.05) is 30.3 Å². The molecule has 1 atom stereocenters. The van der Waals surface area contributed by atoms with Crippen molar-refractivity contribution in [3.63, 3.8) is 0 Å². The summed E-state index contributed by atoms with van der Waals surface area (Å²) in [6.45, 7) is 2.76. The summed E-state index contributed by atoms with van der Waals surface area (Å²) in [4.78, 5) is 12.0. The fourth-order valence-electron chi connectivity index (χ4n) is 2.28. The Morgan fingerprint density at radius 1 is 1.21 bits per heavy atom. The van der Waals surface area contributed by atoms with Gasteiger partial charge < -0.3 is 20.5 Å². The third kappa shape index (κ3) is 5.37.